The Morgan fingerprint density at radius 3 is 2.92 bits per heavy atom. The SMILES string of the molecule is CO/N=C/c1ccnc(-c2ccc3ncc(-c4cc(C)cc(F)c4)c(N4CC[C@@H]5NCCO[C@H]5C4)c3c2)c1N. The third kappa shape index (κ3) is 4.91. The minimum absolute atomic E-state index is 0.0788. The normalized spacial score (nSPS) is 19.4. The van der Waals surface area contributed by atoms with Crippen molar-refractivity contribution >= 4 is 28.5 Å². The maximum absolute atomic E-state index is 14.6. The van der Waals surface area contributed by atoms with Crippen LogP contribution in [0.1, 0.15) is 17.5 Å². The first-order valence-corrected chi connectivity index (χ1v) is 13.1. The number of nitrogens with two attached hydrogens (primary N) is 1. The van der Waals surface area contributed by atoms with Gasteiger partial charge in [-0.25, -0.2) is 4.39 Å². The fourth-order valence-corrected chi connectivity index (χ4v) is 5.69. The van der Waals surface area contributed by atoms with Gasteiger partial charge >= 0.3 is 0 Å². The van der Waals surface area contributed by atoms with Crippen molar-refractivity contribution in [3.8, 4) is 22.4 Å². The number of aromatic nitrogens is 2. The Kier molecular flexibility index (Phi) is 6.85. The van der Waals surface area contributed by atoms with Crippen molar-refractivity contribution in [3.05, 3.63) is 71.8 Å². The van der Waals surface area contributed by atoms with E-state index < -0.39 is 0 Å². The van der Waals surface area contributed by atoms with Crippen LogP contribution < -0.4 is 16.0 Å². The Bertz CT molecular complexity index is 1540. The predicted octanol–water partition coefficient (Wildman–Crippen LogP) is 4.54. The summed E-state index contributed by atoms with van der Waals surface area (Å²) in [6.45, 7) is 5.04. The van der Waals surface area contributed by atoms with E-state index in [-0.39, 0.29) is 11.9 Å². The number of pyridine rings is 2. The molecule has 2 aromatic heterocycles. The molecule has 9 heteroatoms. The molecule has 0 radical (unpaired) electrons. The van der Waals surface area contributed by atoms with Gasteiger partial charge in [-0.15, -0.1) is 0 Å². The molecule has 0 aliphatic carbocycles. The van der Waals surface area contributed by atoms with Gasteiger partial charge in [0.15, 0.2) is 0 Å². The zero-order valence-corrected chi connectivity index (χ0v) is 22.0. The zero-order valence-electron chi connectivity index (χ0n) is 22.0. The van der Waals surface area contributed by atoms with E-state index in [0.717, 1.165) is 64.9 Å². The van der Waals surface area contributed by atoms with Crippen molar-refractivity contribution in [2.45, 2.75) is 25.5 Å². The number of morpholine rings is 1. The number of hydrogen-bond acceptors (Lipinski definition) is 8. The van der Waals surface area contributed by atoms with Gasteiger partial charge < -0.3 is 25.5 Å². The predicted molar refractivity (Wildman–Crippen MR) is 152 cm³/mol. The summed E-state index contributed by atoms with van der Waals surface area (Å²) >= 11 is 0. The second kappa shape index (κ2) is 10.6. The number of aryl methyl sites for hydroxylation is 1. The van der Waals surface area contributed by atoms with Crippen LogP contribution in [0.3, 0.4) is 0 Å². The third-order valence-electron chi connectivity index (χ3n) is 7.50. The Labute approximate surface area is 226 Å². The lowest BCUT2D eigenvalue weighted by Crippen LogP contribution is -2.57. The summed E-state index contributed by atoms with van der Waals surface area (Å²) in [5.41, 5.74) is 13.6. The number of piperidine rings is 1. The highest BCUT2D eigenvalue weighted by Gasteiger charge is 2.33. The van der Waals surface area contributed by atoms with Crippen molar-refractivity contribution in [1.82, 2.24) is 15.3 Å². The van der Waals surface area contributed by atoms with Crippen LogP contribution in [0.15, 0.2) is 60.0 Å². The number of nitrogens with zero attached hydrogens (tertiary/aromatic N) is 4. The highest BCUT2D eigenvalue weighted by Crippen LogP contribution is 2.40. The molecule has 2 aliphatic rings. The quantitative estimate of drug-likeness (QED) is 0.291. The number of nitrogen functional groups attached to an aromatic ring is 1. The lowest BCUT2D eigenvalue weighted by Gasteiger charge is -2.43. The van der Waals surface area contributed by atoms with Crippen LogP contribution in [0.4, 0.5) is 15.8 Å². The molecule has 0 saturated carbocycles. The summed E-state index contributed by atoms with van der Waals surface area (Å²) < 4.78 is 20.7. The van der Waals surface area contributed by atoms with Crippen molar-refractivity contribution in [2.75, 3.05) is 44.0 Å². The van der Waals surface area contributed by atoms with Crippen LogP contribution in [0.2, 0.25) is 0 Å². The standard InChI is InChI=1S/C30H31FN6O2/c1-18-11-21(13-22(31)12-18)24-16-35-25-4-3-19(29-28(32)20(5-7-34-29)15-36-38-2)14-23(25)30(24)37-9-6-26-27(17-37)39-10-8-33-26/h3-5,7,11-16,26-27,33H,6,8-10,17,32H2,1-2H3/b36-15+/t26-,27-/m0/s1. The topological polar surface area (TPSA) is 97.9 Å². The molecule has 2 aromatic carbocycles. The van der Waals surface area contributed by atoms with E-state index in [1.807, 2.05) is 31.3 Å². The highest BCUT2D eigenvalue weighted by molar-refractivity contribution is 6.02. The van der Waals surface area contributed by atoms with Gasteiger partial charge in [0.2, 0.25) is 0 Å². The monoisotopic (exact) mass is 526 g/mol. The van der Waals surface area contributed by atoms with Gasteiger partial charge in [-0.3, -0.25) is 9.97 Å². The average molecular weight is 527 g/mol. The Morgan fingerprint density at radius 1 is 1.18 bits per heavy atom. The van der Waals surface area contributed by atoms with E-state index in [4.69, 9.17) is 20.3 Å². The van der Waals surface area contributed by atoms with E-state index in [1.54, 1.807) is 24.5 Å². The smallest absolute Gasteiger partial charge is 0.124 e. The van der Waals surface area contributed by atoms with Gasteiger partial charge in [0.1, 0.15) is 12.9 Å². The van der Waals surface area contributed by atoms with Gasteiger partial charge in [0, 0.05) is 60.1 Å². The Morgan fingerprint density at radius 2 is 2.08 bits per heavy atom. The molecule has 2 saturated heterocycles. The molecule has 2 fully saturated rings. The number of oxime groups is 1. The molecule has 0 unspecified atom stereocenters. The van der Waals surface area contributed by atoms with E-state index in [9.17, 15) is 4.39 Å². The van der Waals surface area contributed by atoms with Gasteiger partial charge in [-0.1, -0.05) is 17.3 Å². The van der Waals surface area contributed by atoms with Crippen LogP contribution >= 0.6 is 0 Å². The minimum atomic E-state index is -0.269. The van der Waals surface area contributed by atoms with Crippen molar-refractivity contribution in [1.29, 1.82) is 0 Å². The van der Waals surface area contributed by atoms with Crippen LogP contribution in [-0.2, 0) is 9.57 Å². The van der Waals surface area contributed by atoms with Crippen LogP contribution in [-0.4, -0.2) is 61.7 Å². The first-order valence-electron chi connectivity index (χ1n) is 13.1. The molecular formula is C30H31FN6O2. The lowest BCUT2D eigenvalue weighted by atomic mass is 9.94. The molecule has 6 rings (SSSR count). The average Bonchev–Trinajstić information content (AvgIpc) is 2.95. The molecule has 4 aromatic rings. The maximum atomic E-state index is 14.6. The summed E-state index contributed by atoms with van der Waals surface area (Å²) in [6, 6.07) is 13.3. The van der Waals surface area contributed by atoms with Crippen molar-refractivity contribution in [3.63, 3.8) is 0 Å². The second-order valence-corrected chi connectivity index (χ2v) is 10.1. The minimum Gasteiger partial charge on any atom is -0.399 e. The number of rotatable bonds is 5. The van der Waals surface area contributed by atoms with Crippen LogP contribution in [0, 0.1) is 12.7 Å². The highest BCUT2D eigenvalue weighted by atomic mass is 19.1. The lowest BCUT2D eigenvalue weighted by molar-refractivity contribution is -0.00896. The van der Waals surface area contributed by atoms with E-state index in [1.165, 1.54) is 13.2 Å². The first-order chi connectivity index (χ1) is 19.0. The number of halogens is 1. The third-order valence-corrected chi connectivity index (χ3v) is 7.50. The van der Waals surface area contributed by atoms with Gasteiger partial charge in [-0.2, -0.15) is 0 Å². The molecule has 8 nitrogen and oxygen atoms in total. The Hall–Kier alpha value is -4.08. The molecule has 0 bridgehead atoms. The molecule has 2 aliphatic heterocycles. The van der Waals surface area contributed by atoms with Crippen LogP contribution in [0.25, 0.3) is 33.3 Å². The maximum Gasteiger partial charge on any atom is 0.124 e. The molecule has 0 amide bonds. The number of ether oxygens (including phenoxy) is 1. The number of benzene rings is 2. The summed E-state index contributed by atoms with van der Waals surface area (Å²) in [7, 11) is 1.49. The van der Waals surface area contributed by atoms with E-state index in [2.05, 4.69) is 26.4 Å². The van der Waals surface area contributed by atoms with Crippen LogP contribution in [0.5, 0.6) is 0 Å². The van der Waals surface area contributed by atoms with Gasteiger partial charge in [0.25, 0.3) is 0 Å². The molecule has 4 heterocycles. The molecule has 3 N–H and O–H groups in total. The number of nitrogens with one attached hydrogen (secondary N) is 1. The fraction of sp³-hybridized carbons (Fsp3) is 0.300. The Balaban J connectivity index is 1.53. The summed E-state index contributed by atoms with van der Waals surface area (Å²) in [5, 5.41) is 8.40. The number of fused-ring (bicyclic) bond motifs is 2. The summed E-state index contributed by atoms with van der Waals surface area (Å²) in [6.07, 6.45) is 6.16. The second-order valence-electron chi connectivity index (χ2n) is 10.1. The molecule has 39 heavy (non-hydrogen) atoms. The van der Waals surface area contributed by atoms with Crippen molar-refractivity contribution in [2.24, 2.45) is 5.16 Å². The molecular weight excluding hydrogens is 495 g/mol. The summed E-state index contributed by atoms with van der Waals surface area (Å²) in [4.78, 5) is 16.6. The van der Waals surface area contributed by atoms with Gasteiger partial charge in [0.05, 0.1) is 41.5 Å². The number of hydrogen-bond donors (Lipinski definition) is 2. The molecule has 2 atom stereocenters. The molecule has 200 valence electrons. The fourth-order valence-electron chi connectivity index (χ4n) is 5.69. The first kappa shape index (κ1) is 25.2. The van der Waals surface area contributed by atoms with Crippen molar-refractivity contribution < 1.29 is 14.0 Å². The largest absolute Gasteiger partial charge is 0.399 e. The van der Waals surface area contributed by atoms with E-state index in [0.29, 0.717) is 29.6 Å². The summed E-state index contributed by atoms with van der Waals surface area (Å²) in [5.74, 6) is -0.269. The number of anilines is 2. The zero-order chi connectivity index (χ0) is 26.9. The van der Waals surface area contributed by atoms with Gasteiger partial charge in [-0.05, 0) is 54.8 Å². The van der Waals surface area contributed by atoms with E-state index >= 15 is 0 Å². The molecule has 0 spiro atoms.